The van der Waals surface area contributed by atoms with E-state index in [4.69, 9.17) is 0 Å². The molecule has 17 heavy (non-hydrogen) atoms. The zero-order valence-electron chi connectivity index (χ0n) is 10.3. The van der Waals surface area contributed by atoms with Crippen molar-refractivity contribution in [2.45, 2.75) is 13.8 Å². The van der Waals surface area contributed by atoms with Crippen LogP contribution in [-0.4, -0.2) is 6.67 Å². The molecule has 0 aliphatic carbocycles. The van der Waals surface area contributed by atoms with Crippen LogP contribution in [0, 0.1) is 13.8 Å². The average molecular weight is 226 g/mol. The van der Waals surface area contributed by atoms with E-state index in [1.807, 2.05) is 18.2 Å². The van der Waals surface area contributed by atoms with Gasteiger partial charge in [-0.15, -0.1) is 0 Å². The smallest absolute Gasteiger partial charge is 0.0849 e. The highest BCUT2D eigenvalue weighted by Gasteiger charge is 1.99. The van der Waals surface area contributed by atoms with Crippen LogP contribution >= 0.6 is 0 Å². The van der Waals surface area contributed by atoms with Gasteiger partial charge in [0.25, 0.3) is 0 Å². The Hall–Kier alpha value is -1.96. The Morgan fingerprint density at radius 2 is 1.41 bits per heavy atom. The fraction of sp³-hybridized carbons (Fsp3) is 0.200. The Morgan fingerprint density at radius 1 is 0.765 bits per heavy atom. The number of rotatable bonds is 4. The third kappa shape index (κ3) is 3.00. The maximum absolute atomic E-state index is 3.42. The minimum Gasteiger partial charge on any atom is -0.368 e. The SMILES string of the molecule is Cc1cccc(C)c1NCNc1ccccc1. The van der Waals surface area contributed by atoms with Crippen LogP contribution in [0.25, 0.3) is 0 Å². The topological polar surface area (TPSA) is 24.1 Å². The second kappa shape index (κ2) is 5.39. The monoisotopic (exact) mass is 226 g/mol. The maximum Gasteiger partial charge on any atom is 0.0849 e. The summed E-state index contributed by atoms with van der Waals surface area (Å²) in [6, 6.07) is 16.5. The summed E-state index contributed by atoms with van der Waals surface area (Å²) in [4.78, 5) is 0. The van der Waals surface area contributed by atoms with Gasteiger partial charge in [-0.3, -0.25) is 0 Å². The third-order valence-electron chi connectivity index (χ3n) is 2.81. The fourth-order valence-corrected chi connectivity index (χ4v) is 1.88. The summed E-state index contributed by atoms with van der Waals surface area (Å²) in [5.74, 6) is 0. The van der Waals surface area contributed by atoms with Gasteiger partial charge in [0.05, 0.1) is 6.67 Å². The van der Waals surface area contributed by atoms with Crippen LogP contribution in [0.1, 0.15) is 11.1 Å². The zero-order valence-corrected chi connectivity index (χ0v) is 10.3. The molecular weight excluding hydrogens is 208 g/mol. The number of nitrogens with one attached hydrogen (secondary N) is 2. The molecule has 2 nitrogen and oxygen atoms in total. The summed E-state index contributed by atoms with van der Waals surface area (Å²) >= 11 is 0. The Morgan fingerprint density at radius 3 is 2.06 bits per heavy atom. The highest BCUT2D eigenvalue weighted by molar-refractivity contribution is 5.57. The van der Waals surface area contributed by atoms with Gasteiger partial charge in [-0.25, -0.2) is 0 Å². The Balaban J connectivity index is 1.95. The molecule has 0 radical (unpaired) electrons. The first-order chi connectivity index (χ1) is 8.27. The van der Waals surface area contributed by atoms with E-state index in [-0.39, 0.29) is 0 Å². The van der Waals surface area contributed by atoms with Crippen LogP contribution in [0.4, 0.5) is 11.4 Å². The Labute approximate surface area is 103 Å². The summed E-state index contributed by atoms with van der Waals surface area (Å²) in [5.41, 5.74) is 4.90. The van der Waals surface area contributed by atoms with Crippen molar-refractivity contribution in [3.63, 3.8) is 0 Å². The van der Waals surface area contributed by atoms with Gasteiger partial charge >= 0.3 is 0 Å². The van der Waals surface area contributed by atoms with Gasteiger partial charge in [0, 0.05) is 11.4 Å². The number of aryl methyl sites for hydroxylation is 2. The van der Waals surface area contributed by atoms with E-state index in [2.05, 4.69) is 54.8 Å². The predicted molar refractivity (Wildman–Crippen MR) is 74.5 cm³/mol. The predicted octanol–water partition coefficient (Wildman–Crippen LogP) is 3.78. The van der Waals surface area contributed by atoms with Gasteiger partial charge in [-0.1, -0.05) is 36.4 Å². The molecule has 0 heterocycles. The lowest BCUT2D eigenvalue weighted by Crippen LogP contribution is -2.13. The summed E-state index contributed by atoms with van der Waals surface area (Å²) in [6.07, 6.45) is 0. The largest absolute Gasteiger partial charge is 0.368 e. The maximum atomic E-state index is 3.42. The molecular formula is C15H18N2. The molecule has 2 aromatic rings. The molecule has 0 fully saturated rings. The van der Waals surface area contributed by atoms with Crippen LogP contribution in [0.5, 0.6) is 0 Å². The number of hydrogen-bond donors (Lipinski definition) is 2. The summed E-state index contributed by atoms with van der Waals surface area (Å²) in [5, 5.41) is 6.76. The lowest BCUT2D eigenvalue weighted by Gasteiger charge is -2.13. The molecule has 0 aliphatic rings. The lowest BCUT2D eigenvalue weighted by atomic mass is 10.1. The van der Waals surface area contributed by atoms with Crippen LogP contribution < -0.4 is 10.6 Å². The van der Waals surface area contributed by atoms with Crippen molar-refractivity contribution < 1.29 is 0 Å². The standard InChI is InChI=1S/C15H18N2/c1-12-7-6-8-13(2)15(12)17-11-16-14-9-4-3-5-10-14/h3-10,16-17H,11H2,1-2H3. The van der Waals surface area contributed by atoms with Crippen molar-refractivity contribution in [1.29, 1.82) is 0 Å². The zero-order chi connectivity index (χ0) is 12.1. The molecule has 0 bridgehead atoms. The Kier molecular flexibility index (Phi) is 3.66. The molecule has 0 unspecified atom stereocenters. The quantitative estimate of drug-likeness (QED) is 0.775. The van der Waals surface area contributed by atoms with Crippen molar-refractivity contribution in [2.24, 2.45) is 0 Å². The minimum absolute atomic E-state index is 0.732. The van der Waals surface area contributed by atoms with E-state index < -0.39 is 0 Å². The summed E-state index contributed by atoms with van der Waals surface area (Å²) in [6.45, 7) is 4.98. The second-order valence-electron chi connectivity index (χ2n) is 4.16. The van der Waals surface area contributed by atoms with Gasteiger partial charge in [-0.05, 0) is 37.1 Å². The van der Waals surface area contributed by atoms with Crippen molar-refractivity contribution in [1.82, 2.24) is 0 Å². The normalized spacial score (nSPS) is 10.0. The minimum atomic E-state index is 0.732. The van der Waals surface area contributed by atoms with E-state index >= 15 is 0 Å². The third-order valence-corrected chi connectivity index (χ3v) is 2.81. The molecule has 0 saturated carbocycles. The van der Waals surface area contributed by atoms with Crippen LogP contribution in [0.3, 0.4) is 0 Å². The van der Waals surface area contributed by atoms with Gasteiger partial charge in [0.15, 0.2) is 0 Å². The second-order valence-corrected chi connectivity index (χ2v) is 4.16. The van der Waals surface area contributed by atoms with Crippen molar-refractivity contribution in [3.05, 3.63) is 59.7 Å². The van der Waals surface area contributed by atoms with Crippen molar-refractivity contribution in [3.8, 4) is 0 Å². The number of para-hydroxylation sites is 2. The van der Waals surface area contributed by atoms with Gasteiger partial charge in [0.1, 0.15) is 0 Å². The average Bonchev–Trinajstić information content (AvgIpc) is 2.34. The number of anilines is 2. The number of benzene rings is 2. The van der Waals surface area contributed by atoms with Crippen LogP contribution in [0.2, 0.25) is 0 Å². The lowest BCUT2D eigenvalue weighted by molar-refractivity contribution is 1.19. The summed E-state index contributed by atoms with van der Waals surface area (Å²) < 4.78 is 0. The van der Waals surface area contributed by atoms with E-state index in [9.17, 15) is 0 Å². The molecule has 0 amide bonds. The van der Waals surface area contributed by atoms with Gasteiger partial charge in [-0.2, -0.15) is 0 Å². The van der Waals surface area contributed by atoms with E-state index in [1.165, 1.54) is 16.8 Å². The highest BCUT2D eigenvalue weighted by Crippen LogP contribution is 2.19. The van der Waals surface area contributed by atoms with E-state index in [0.29, 0.717) is 0 Å². The molecule has 0 saturated heterocycles. The molecule has 0 spiro atoms. The van der Waals surface area contributed by atoms with Crippen LogP contribution in [0.15, 0.2) is 48.5 Å². The Bertz CT molecular complexity index is 457. The van der Waals surface area contributed by atoms with Gasteiger partial charge < -0.3 is 10.6 Å². The van der Waals surface area contributed by atoms with Crippen molar-refractivity contribution >= 4 is 11.4 Å². The molecule has 0 aliphatic heterocycles. The first kappa shape index (κ1) is 11.5. The summed E-state index contributed by atoms with van der Waals surface area (Å²) in [7, 11) is 0. The highest BCUT2D eigenvalue weighted by atomic mass is 15.1. The molecule has 0 aromatic heterocycles. The fourth-order valence-electron chi connectivity index (χ4n) is 1.88. The first-order valence-corrected chi connectivity index (χ1v) is 5.86. The molecule has 2 heteroatoms. The molecule has 2 rings (SSSR count). The molecule has 2 aromatic carbocycles. The number of hydrogen-bond acceptors (Lipinski definition) is 2. The first-order valence-electron chi connectivity index (χ1n) is 5.86. The van der Waals surface area contributed by atoms with Gasteiger partial charge in [0.2, 0.25) is 0 Å². The van der Waals surface area contributed by atoms with E-state index in [0.717, 1.165) is 12.4 Å². The van der Waals surface area contributed by atoms with Crippen LogP contribution in [-0.2, 0) is 0 Å². The van der Waals surface area contributed by atoms with Crippen molar-refractivity contribution in [2.75, 3.05) is 17.3 Å². The molecule has 2 N–H and O–H groups in total. The molecule has 0 atom stereocenters. The molecule has 88 valence electrons. The van der Waals surface area contributed by atoms with E-state index in [1.54, 1.807) is 0 Å².